The van der Waals surface area contributed by atoms with Crippen molar-refractivity contribution >= 4 is 22.7 Å². The first kappa shape index (κ1) is 16.2. The van der Waals surface area contributed by atoms with Crippen LogP contribution in [0.5, 0.6) is 5.75 Å². The lowest BCUT2D eigenvalue weighted by Gasteiger charge is -2.45. The molecule has 0 amide bonds. The third kappa shape index (κ3) is 1.90. The van der Waals surface area contributed by atoms with E-state index in [1.54, 1.807) is 0 Å². The molecular formula is C23H21NO3. The monoisotopic (exact) mass is 359 g/mol. The second kappa shape index (κ2) is 5.03. The zero-order valence-electron chi connectivity index (χ0n) is 15.9. The molecule has 2 aliphatic heterocycles. The Hall–Kier alpha value is -3.01. The molecule has 1 unspecified atom stereocenters. The number of benzene rings is 2. The number of rotatable bonds is 0. The Morgan fingerprint density at radius 3 is 2.63 bits per heavy atom. The van der Waals surface area contributed by atoms with Gasteiger partial charge in [-0.3, -0.25) is 0 Å². The summed E-state index contributed by atoms with van der Waals surface area (Å²) in [4.78, 5) is 14.1. The summed E-state index contributed by atoms with van der Waals surface area (Å²) in [5, 5.41) is 0.930. The molecule has 0 aliphatic carbocycles. The summed E-state index contributed by atoms with van der Waals surface area (Å²) in [6.07, 6.45) is 4.13. The average Bonchev–Trinajstić information content (AvgIpc) is 2.80. The number of aryl methyl sites for hydroxylation is 1. The molecule has 4 nitrogen and oxygen atoms in total. The smallest absolute Gasteiger partial charge is 0.336 e. The summed E-state index contributed by atoms with van der Waals surface area (Å²) in [7, 11) is 2.06. The number of ether oxygens (including phenoxy) is 1. The second-order valence-corrected chi connectivity index (χ2v) is 7.94. The van der Waals surface area contributed by atoms with Gasteiger partial charge in [-0.05, 0) is 62.2 Å². The predicted molar refractivity (Wildman–Crippen MR) is 107 cm³/mol. The Labute approximate surface area is 157 Å². The Morgan fingerprint density at radius 1 is 1.07 bits per heavy atom. The van der Waals surface area contributed by atoms with Crippen LogP contribution >= 0.6 is 0 Å². The maximum atomic E-state index is 11.9. The molecule has 5 rings (SSSR count). The molecular weight excluding hydrogens is 338 g/mol. The zero-order chi connectivity index (χ0) is 19.0. The summed E-state index contributed by atoms with van der Waals surface area (Å²) in [5.74, 6) is 0.728. The summed E-state index contributed by atoms with van der Waals surface area (Å²) in [5.41, 5.74) is 3.49. The number of hydrogen-bond donors (Lipinski definition) is 0. The van der Waals surface area contributed by atoms with Crippen LogP contribution in [0, 0.1) is 6.92 Å². The highest BCUT2D eigenvalue weighted by Gasteiger charge is 2.57. The lowest BCUT2D eigenvalue weighted by atomic mass is 9.76. The van der Waals surface area contributed by atoms with Gasteiger partial charge in [0, 0.05) is 24.2 Å². The fourth-order valence-electron chi connectivity index (χ4n) is 4.63. The minimum atomic E-state index is -0.637. The van der Waals surface area contributed by atoms with Gasteiger partial charge in [-0.2, -0.15) is 0 Å². The second-order valence-electron chi connectivity index (χ2n) is 7.94. The van der Waals surface area contributed by atoms with Gasteiger partial charge in [-0.25, -0.2) is 4.79 Å². The van der Waals surface area contributed by atoms with E-state index in [9.17, 15) is 4.79 Å². The summed E-state index contributed by atoms with van der Waals surface area (Å²) < 4.78 is 12.2. The Morgan fingerprint density at radius 2 is 1.85 bits per heavy atom. The van der Waals surface area contributed by atoms with Gasteiger partial charge in [0.1, 0.15) is 11.3 Å². The van der Waals surface area contributed by atoms with E-state index >= 15 is 0 Å². The number of fused-ring (bicyclic) bond motifs is 4. The van der Waals surface area contributed by atoms with Crippen LogP contribution in [-0.4, -0.2) is 12.8 Å². The molecule has 1 aromatic heterocycles. The Bertz CT molecular complexity index is 1190. The normalized spacial score (nSPS) is 22.0. The van der Waals surface area contributed by atoms with E-state index in [-0.39, 0.29) is 11.0 Å². The standard InChI is InChI=1S/C23H21NO3/c1-14-13-20(25)26-21-15(14)9-10-19-16(21)11-12-23(27-19)22(2,3)17-7-5-6-8-18(17)24(23)4/h5-13H,1-4H3. The molecule has 2 aliphatic rings. The third-order valence-electron chi connectivity index (χ3n) is 6.19. The van der Waals surface area contributed by atoms with Crippen molar-refractivity contribution < 1.29 is 9.15 Å². The zero-order valence-corrected chi connectivity index (χ0v) is 15.9. The molecule has 0 saturated heterocycles. The fourth-order valence-corrected chi connectivity index (χ4v) is 4.63. The van der Waals surface area contributed by atoms with E-state index in [4.69, 9.17) is 9.15 Å². The SMILES string of the molecule is Cc1cc(=O)oc2c3c(ccc12)OC1(C=C3)N(C)c2ccccc2C1(C)C. The number of para-hydroxylation sites is 1. The van der Waals surface area contributed by atoms with Gasteiger partial charge >= 0.3 is 5.63 Å². The quantitative estimate of drug-likeness (QED) is 0.549. The van der Waals surface area contributed by atoms with Gasteiger partial charge in [0.25, 0.3) is 0 Å². The van der Waals surface area contributed by atoms with Gasteiger partial charge in [0.2, 0.25) is 5.72 Å². The van der Waals surface area contributed by atoms with Crippen LogP contribution in [0.3, 0.4) is 0 Å². The lowest BCUT2D eigenvalue weighted by molar-refractivity contribution is 0.0582. The van der Waals surface area contributed by atoms with Crippen molar-refractivity contribution in [3.05, 3.63) is 75.7 Å². The lowest BCUT2D eigenvalue weighted by Crippen LogP contribution is -2.58. The number of anilines is 1. The highest BCUT2D eigenvalue weighted by molar-refractivity contribution is 5.91. The van der Waals surface area contributed by atoms with Crippen molar-refractivity contribution in [3.8, 4) is 5.75 Å². The molecule has 1 spiro atoms. The van der Waals surface area contributed by atoms with Crippen LogP contribution in [-0.2, 0) is 5.41 Å². The minimum absolute atomic E-state index is 0.255. The van der Waals surface area contributed by atoms with Crippen molar-refractivity contribution in [2.75, 3.05) is 11.9 Å². The van der Waals surface area contributed by atoms with Crippen molar-refractivity contribution in [2.24, 2.45) is 0 Å². The summed E-state index contributed by atoms with van der Waals surface area (Å²) >= 11 is 0. The Balaban J connectivity index is 1.74. The van der Waals surface area contributed by atoms with Crippen LogP contribution in [0.1, 0.15) is 30.5 Å². The molecule has 0 saturated carbocycles. The topological polar surface area (TPSA) is 42.7 Å². The van der Waals surface area contributed by atoms with E-state index in [1.807, 2.05) is 25.1 Å². The van der Waals surface area contributed by atoms with E-state index in [0.29, 0.717) is 5.58 Å². The van der Waals surface area contributed by atoms with E-state index in [2.05, 4.69) is 56.1 Å². The summed E-state index contributed by atoms with van der Waals surface area (Å²) in [6.45, 7) is 6.33. The minimum Gasteiger partial charge on any atom is -0.463 e. The fraction of sp³-hybridized carbons (Fsp3) is 0.261. The maximum Gasteiger partial charge on any atom is 0.336 e. The van der Waals surface area contributed by atoms with Crippen molar-refractivity contribution in [1.29, 1.82) is 0 Å². The highest BCUT2D eigenvalue weighted by Crippen LogP contribution is 2.54. The van der Waals surface area contributed by atoms with Crippen LogP contribution in [0.25, 0.3) is 17.0 Å². The molecule has 0 fully saturated rings. The Kier molecular flexibility index (Phi) is 3.02. The van der Waals surface area contributed by atoms with Crippen molar-refractivity contribution in [3.63, 3.8) is 0 Å². The van der Waals surface area contributed by atoms with Gasteiger partial charge in [-0.15, -0.1) is 0 Å². The van der Waals surface area contributed by atoms with Crippen molar-refractivity contribution in [2.45, 2.75) is 31.9 Å². The van der Waals surface area contributed by atoms with Gasteiger partial charge in [-0.1, -0.05) is 18.2 Å². The molecule has 4 heteroatoms. The largest absolute Gasteiger partial charge is 0.463 e. The van der Waals surface area contributed by atoms with E-state index in [0.717, 1.165) is 22.3 Å². The number of nitrogens with zero attached hydrogens (tertiary/aromatic N) is 1. The molecule has 0 N–H and O–H groups in total. The molecule has 136 valence electrons. The van der Waals surface area contributed by atoms with Crippen LogP contribution in [0.2, 0.25) is 0 Å². The van der Waals surface area contributed by atoms with Crippen LogP contribution in [0.15, 0.2) is 57.8 Å². The number of likely N-dealkylation sites (N-methyl/N-ethyl adjacent to an activating group) is 1. The van der Waals surface area contributed by atoms with E-state index < -0.39 is 5.72 Å². The molecule has 2 aromatic carbocycles. The van der Waals surface area contributed by atoms with Gasteiger partial charge in [0.15, 0.2) is 0 Å². The summed E-state index contributed by atoms with van der Waals surface area (Å²) in [6, 6.07) is 13.9. The van der Waals surface area contributed by atoms with Crippen LogP contribution in [0.4, 0.5) is 5.69 Å². The maximum absolute atomic E-state index is 11.9. The number of hydrogen-bond acceptors (Lipinski definition) is 4. The van der Waals surface area contributed by atoms with Crippen molar-refractivity contribution in [1.82, 2.24) is 0 Å². The molecule has 3 aromatic rings. The molecule has 1 atom stereocenters. The predicted octanol–water partition coefficient (Wildman–Crippen LogP) is 4.63. The first-order valence-electron chi connectivity index (χ1n) is 9.14. The third-order valence-corrected chi connectivity index (χ3v) is 6.19. The first-order chi connectivity index (χ1) is 12.8. The van der Waals surface area contributed by atoms with E-state index in [1.165, 1.54) is 17.3 Å². The average molecular weight is 359 g/mol. The van der Waals surface area contributed by atoms with Crippen LogP contribution < -0.4 is 15.3 Å². The molecule has 27 heavy (non-hydrogen) atoms. The molecule has 0 bridgehead atoms. The first-order valence-corrected chi connectivity index (χ1v) is 9.14. The molecule has 3 heterocycles. The van der Waals surface area contributed by atoms with Gasteiger partial charge < -0.3 is 14.1 Å². The van der Waals surface area contributed by atoms with Gasteiger partial charge in [0.05, 0.1) is 11.0 Å². The molecule has 0 radical (unpaired) electrons. The highest BCUT2D eigenvalue weighted by atomic mass is 16.5.